The molecular formula is C14H18N2O2. The largest absolute Gasteiger partial charge is 0.383 e. The van der Waals surface area contributed by atoms with E-state index in [1.807, 2.05) is 17.0 Å². The Hall–Kier alpha value is -1.55. The van der Waals surface area contributed by atoms with Gasteiger partial charge in [0.2, 0.25) is 0 Å². The number of ether oxygens (including phenoxy) is 1. The summed E-state index contributed by atoms with van der Waals surface area (Å²) in [4.78, 5) is 14.0. The third-order valence-corrected chi connectivity index (χ3v) is 3.91. The number of hydrogen-bond acceptors (Lipinski definition) is 2. The maximum atomic E-state index is 12.2. The van der Waals surface area contributed by atoms with Gasteiger partial charge in [0.1, 0.15) is 0 Å². The molecule has 0 atom stereocenters. The summed E-state index contributed by atoms with van der Waals surface area (Å²) in [7, 11) is 1.64. The molecular weight excluding hydrogens is 228 g/mol. The summed E-state index contributed by atoms with van der Waals surface area (Å²) < 4.78 is 4.94. The molecule has 96 valence electrons. The highest BCUT2D eigenvalue weighted by molar-refractivity contribution is 5.95. The van der Waals surface area contributed by atoms with Crippen molar-refractivity contribution in [2.75, 3.05) is 31.7 Å². The van der Waals surface area contributed by atoms with Gasteiger partial charge in [-0.1, -0.05) is 18.2 Å². The minimum absolute atomic E-state index is 0.0109. The molecule has 1 aromatic carbocycles. The second-order valence-electron chi connectivity index (χ2n) is 5.11. The topological polar surface area (TPSA) is 41.6 Å². The van der Waals surface area contributed by atoms with Crippen molar-refractivity contribution in [3.63, 3.8) is 0 Å². The minimum atomic E-state index is -0.0109. The molecule has 2 amide bonds. The summed E-state index contributed by atoms with van der Waals surface area (Å²) in [6, 6.07) is 8.24. The molecule has 1 N–H and O–H groups in total. The lowest BCUT2D eigenvalue weighted by atomic mass is 9.99. The number of urea groups is 1. The Morgan fingerprint density at radius 3 is 2.94 bits per heavy atom. The van der Waals surface area contributed by atoms with Crippen LogP contribution in [0.2, 0.25) is 0 Å². The van der Waals surface area contributed by atoms with E-state index >= 15 is 0 Å². The number of benzene rings is 1. The third-order valence-electron chi connectivity index (χ3n) is 3.91. The molecule has 1 spiro atoms. The highest BCUT2D eigenvalue weighted by atomic mass is 16.5. The van der Waals surface area contributed by atoms with Gasteiger partial charge in [0.15, 0.2) is 0 Å². The zero-order valence-electron chi connectivity index (χ0n) is 10.6. The Morgan fingerprint density at radius 2 is 2.22 bits per heavy atom. The molecule has 0 saturated heterocycles. The van der Waals surface area contributed by atoms with Gasteiger partial charge in [0.05, 0.1) is 6.61 Å². The first-order chi connectivity index (χ1) is 8.77. The van der Waals surface area contributed by atoms with Gasteiger partial charge in [-0.05, 0) is 24.5 Å². The number of anilines is 1. The Balaban J connectivity index is 1.77. The van der Waals surface area contributed by atoms with Crippen molar-refractivity contribution >= 4 is 11.7 Å². The summed E-state index contributed by atoms with van der Waals surface area (Å²) in [6.45, 7) is 1.93. The van der Waals surface area contributed by atoms with Crippen LogP contribution in [-0.4, -0.2) is 32.8 Å². The molecule has 0 bridgehead atoms. The molecule has 1 saturated carbocycles. The van der Waals surface area contributed by atoms with Crippen molar-refractivity contribution < 1.29 is 9.53 Å². The van der Waals surface area contributed by atoms with Crippen molar-refractivity contribution in [2.45, 2.75) is 18.3 Å². The first-order valence-corrected chi connectivity index (χ1v) is 6.41. The monoisotopic (exact) mass is 246 g/mol. The molecule has 0 unspecified atom stereocenters. The lowest BCUT2D eigenvalue weighted by Gasteiger charge is -2.18. The average Bonchev–Trinajstić information content (AvgIpc) is 3.09. The van der Waals surface area contributed by atoms with Crippen LogP contribution in [0, 0.1) is 0 Å². The van der Waals surface area contributed by atoms with Crippen LogP contribution in [0.4, 0.5) is 10.5 Å². The summed E-state index contributed by atoms with van der Waals surface area (Å²) in [5.74, 6) is 0. The number of methoxy groups -OCH3 is 1. The van der Waals surface area contributed by atoms with Crippen LogP contribution >= 0.6 is 0 Å². The molecule has 1 aliphatic heterocycles. The molecule has 0 radical (unpaired) electrons. The lowest BCUT2D eigenvalue weighted by molar-refractivity contribution is 0.197. The number of nitrogens with zero attached hydrogens (tertiary/aromatic N) is 1. The van der Waals surface area contributed by atoms with Crippen molar-refractivity contribution in [1.29, 1.82) is 0 Å². The number of amides is 2. The van der Waals surface area contributed by atoms with E-state index in [0.29, 0.717) is 13.2 Å². The quantitative estimate of drug-likeness (QED) is 0.828. The summed E-state index contributed by atoms with van der Waals surface area (Å²) >= 11 is 0. The Morgan fingerprint density at radius 1 is 1.44 bits per heavy atom. The molecule has 4 heteroatoms. The van der Waals surface area contributed by atoms with E-state index in [0.717, 1.165) is 12.2 Å². The van der Waals surface area contributed by atoms with Crippen LogP contribution in [0.15, 0.2) is 24.3 Å². The molecule has 0 aromatic heterocycles. The van der Waals surface area contributed by atoms with Crippen LogP contribution in [-0.2, 0) is 10.2 Å². The van der Waals surface area contributed by atoms with E-state index in [-0.39, 0.29) is 11.4 Å². The molecule has 1 fully saturated rings. The van der Waals surface area contributed by atoms with E-state index in [9.17, 15) is 4.79 Å². The van der Waals surface area contributed by atoms with Gasteiger partial charge in [-0.2, -0.15) is 0 Å². The van der Waals surface area contributed by atoms with Crippen molar-refractivity contribution in [3.8, 4) is 0 Å². The Bertz CT molecular complexity index is 469. The maximum absolute atomic E-state index is 12.2. The van der Waals surface area contributed by atoms with Gasteiger partial charge < -0.3 is 10.1 Å². The van der Waals surface area contributed by atoms with Gasteiger partial charge in [-0.3, -0.25) is 4.90 Å². The second kappa shape index (κ2) is 4.28. The van der Waals surface area contributed by atoms with E-state index in [4.69, 9.17) is 4.74 Å². The molecule has 18 heavy (non-hydrogen) atoms. The number of rotatable bonds is 3. The fourth-order valence-corrected chi connectivity index (χ4v) is 2.75. The summed E-state index contributed by atoms with van der Waals surface area (Å²) in [6.07, 6.45) is 2.40. The van der Waals surface area contributed by atoms with Crippen LogP contribution in [0.3, 0.4) is 0 Å². The number of nitrogens with one attached hydrogen (secondary N) is 1. The van der Waals surface area contributed by atoms with Crippen molar-refractivity contribution in [1.82, 2.24) is 5.32 Å². The number of fused-ring (bicyclic) bond motifs is 2. The smallest absolute Gasteiger partial charge is 0.321 e. The highest BCUT2D eigenvalue weighted by Gasteiger charge is 2.52. The number of carbonyl (C=O) groups is 1. The van der Waals surface area contributed by atoms with Gasteiger partial charge in [0.25, 0.3) is 0 Å². The first kappa shape index (κ1) is 11.5. The molecule has 1 aliphatic carbocycles. The summed E-state index contributed by atoms with van der Waals surface area (Å²) in [5, 5.41) is 2.89. The minimum Gasteiger partial charge on any atom is -0.383 e. The van der Waals surface area contributed by atoms with E-state index in [1.54, 1.807) is 7.11 Å². The molecule has 1 aromatic rings. The molecule has 3 rings (SSSR count). The van der Waals surface area contributed by atoms with Crippen molar-refractivity contribution in [2.24, 2.45) is 0 Å². The number of carbonyl (C=O) groups excluding carboxylic acids is 1. The normalized spacial score (nSPS) is 18.8. The zero-order valence-corrected chi connectivity index (χ0v) is 10.6. The average molecular weight is 246 g/mol. The fourth-order valence-electron chi connectivity index (χ4n) is 2.75. The Kier molecular flexibility index (Phi) is 2.74. The third kappa shape index (κ3) is 1.77. The highest BCUT2D eigenvalue weighted by Crippen LogP contribution is 2.56. The van der Waals surface area contributed by atoms with Gasteiger partial charge in [-0.25, -0.2) is 4.79 Å². The van der Waals surface area contributed by atoms with Gasteiger partial charge in [-0.15, -0.1) is 0 Å². The van der Waals surface area contributed by atoms with E-state index in [1.165, 1.54) is 18.4 Å². The standard InChI is InChI=1S/C14H18N2O2/c1-18-9-8-15-13(17)16-10-14(6-7-14)11-4-2-3-5-12(11)16/h2-5H,6-10H2,1H3,(H,15,17). The van der Waals surface area contributed by atoms with Crippen LogP contribution < -0.4 is 10.2 Å². The van der Waals surface area contributed by atoms with Crippen LogP contribution in [0.1, 0.15) is 18.4 Å². The molecule has 4 nitrogen and oxygen atoms in total. The zero-order chi connectivity index (χ0) is 12.6. The lowest BCUT2D eigenvalue weighted by Crippen LogP contribution is -2.41. The fraction of sp³-hybridized carbons (Fsp3) is 0.500. The van der Waals surface area contributed by atoms with Crippen LogP contribution in [0.5, 0.6) is 0 Å². The van der Waals surface area contributed by atoms with Gasteiger partial charge >= 0.3 is 6.03 Å². The number of hydrogen-bond donors (Lipinski definition) is 1. The molecule has 2 aliphatic rings. The number of para-hydroxylation sites is 1. The van der Waals surface area contributed by atoms with E-state index < -0.39 is 0 Å². The maximum Gasteiger partial charge on any atom is 0.321 e. The predicted molar refractivity (Wildman–Crippen MR) is 70.0 cm³/mol. The second-order valence-corrected chi connectivity index (χ2v) is 5.11. The molecule has 1 heterocycles. The predicted octanol–water partition coefficient (Wildman–Crippen LogP) is 1.89. The van der Waals surface area contributed by atoms with Crippen molar-refractivity contribution in [3.05, 3.63) is 29.8 Å². The first-order valence-electron chi connectivity index (χ1n) is 6.41. The van der Waals surface area contributed by atoms with E-state index in [2.05, 4.69) is 17.4 Å². The van der Waals surface area contributed by atoms with Gasteiger partial charge in [0, 0.05) is 31.3 Å². The SMILES string of the molecule is COCCNC(=O)N1CC2(CC2)c2ccccc21. The Labute approximate surface area is 107 Å². The summed E-state index contributed by atoms with van der Waals surface area (Å²) in [5.41, 5.74) is 2.67. The van der Waals surface area contributed by atoms with Crippen LogP contribution in [0.25, 0.3) is 0 Å².